The lowest BCUT2D eigenvalue weighted by Crippen LogP contribution is -2.47. The number of hydrogen-bond acceptors (Lipinski definition) is 5. The number of nitrogens with zero attached hydrogens (tertiary/aromatic N) is 1. The van der Waals surface area contributed by atoms with Gasteiger partial charge in [-0.2, -0.15) is 0 Å². The average Bonchev–Trinajstić information content (AvgIpc) is 2.86. The third-order valence-corrected chi connectivity index (χ3v) is 5.40. The van der Waals surface area contributed by atoms with Crippen LogP contribution in [-0.2, 0) is 26.0 Å². The summed E-state index contributed by atoms with van der Waals surface area (Å²) in [7, 11) is -3.13. The summed E-state index contributed by atoms with van der Waals surface area (Å²) in [4.78, 5) is 25.5. The Labute approximate surface area is 135 Å². The van der Waals surface area contributed by atoms with Crippen molar-refractivity contribution in [1.82, 2.24) is 10.2 Å². The van der Waals surface area contributed by atoms with Crippen LogP contribution in [0.3, 0.4) is 0 Å². The van der Waals surface area contributed by atoms with Crippen molar-refractivity contribution in [2.45, 2.75) is 19.0 Å². The van der Waals surface area contributed by atoms with Crippen molar-refractivity contribution in [3.05, 3.63) is 35.9 Å². The Hall–Kier alpha value is -1.93. The van der Waals surface area contributed by atoms with Crippen LogP contribution in [0.4, 0.5) is 0 Å². The fraction of sp³-hybridized carbons (Fsp3) is 0.467. The third kappa shape index (κ3) is 5.04. The maximum absolute atomic E-state index is 12.2. The lowest BCUT2D eigenvalue weighted by molar-refractivity contribution is -0.146. The van der Waals surface area contributed by atoms with Gasteiger partial charge in [0.15, 0.2) is 9.84 Å². The number of aliphatic hydroxyl groups excluding tert-OH is 1. The van der Waals surface area contributed by atoms with Gasteiger partial charge in [0.05, 0.1) is 18.1 Å². The highest BCUT2D eigenvalue weighted by Gasteiger charge is 2.31. The number of benzene rings is 1. The molecule has 1 aliphatic rings. The molecule has 0 radical (unpaired) electrons. The zero-order chi connectivity index (χ0) is 16.9. The van der Waals surface area contributed by atoms with Gasteiger partial charge in [-0.25, -0.2) is 8.42 Å². The first-order chi connectivity index (χ1) is 10.9. The van der Waals surface area contributed by atoms with Gasteiger partial charge in [-0.1, -0.05) is 30.3 Å². The van der Waals surface area contributed by atoms with Crippen molar-refractivity contribution in [3.63, 3.8) is 0 Å². The van der Waals surface area contributed by atoms with Crippen LogP contribution in [0.1, 0.15) is 12.0 Å². The summed E-state index contributed by atoms with van der Waals surface area (Å²) in [6.07, 6.45) is 0.319. The summed E-state index contributed by atoms with van der Waals surface area (Å²) >= 11 is 0. The molecular formula is C15H20N2O5S. The minimum absolute atomic E-state index is 0.0243. The number of carbonyl (C=O) groups is 2. The van der Waals surface area contributed by atoms with Crippen LogP contribution in [0.15, 0.2) is 30.3 Å². The molecule has 1 saturated heterocycles. The molecule has 0 bridgehead atoms. The molecule has 23 heavy (non-hydrogen) atoms. The van der Waals surface area contributed by atoms with E-state index in [1.807, 2.05) is 30.3 Å². The van der Waals surface area contributed by atoms with E-state index in [0.29, 0.717) is 6.42 Å². The zero-order valence-electron chi connectivity index (χ0n) is 12.6. The van der Waals surface area contributed by atoms with Crippen molar-refractivity contribution >= 4 is 21.7 Å². The lowest BCUT2D eigenvalue weighted by Gasteiger charge is -2.22. The highest BCUT2D eigenvalue weighted by atomic mass is 32.2. The van der Waals surface area contributed by atoms with Crippen LogP contribution in [0.2, 0.25) is 0 Å². The summed E-state index contributed by atoms with van der Waals surface area (Å²) in [6, 6.07) is 8.60. The van der Waals surface area contributed by atoms with Crippen molar-refractivity contribution in [1.29, 1.82) is 0 Å². The lowest BCUT2D eigenvalue weighted by atomic mass is 10.2. The summed E-state index contributed by atoms with van der Waals surface area (Å²) in [5.74, 6) is -1.72. The monoisotopic (exact) mass is 340 g/mol. The van der Waals surface area contributed by atoms with Crippen molar-refractivity contribution in [3.8, 4) is 0 Å². The van der Waals surface area contributed by atoms with E-state index in [1.165, 1.54) is 4.90 Å². The first kappa shape index (κ1) is 17.4. The molecule has 0 aromatic heterocycles. The van der Waals surface area contributed by atoms with E-state index < -0.39 is 27.7 Å². The summed E-state index contributed by atoms with van der Waals surface area (Å²) in [5, 5.41) is 11.6. The molecule has 126 valence electrons. The molecule has 1 atom stereocenters. The number of amides is 2. The van der Waals surface area contributed by atoms with E-state index in [0.717, 1.165) is 5.56 Å². The number of sulfone groups is 1. The van der Waals surface area contributed by atoms with Gasteiger partial charge in [0, 0.05) is 19.1 Å². The Morgan fingerprint density at radius 3 is 2.52 bits per heavy atom. The molecule has 1 heterocycles. The molecule has 8 heteroatoms. The zero-order valence-corrected chi connectivity index (χ0v) is 13.5. The SMILES string of the molecule is O=C(NC1CCS(=O)(=O)C1)C(=O)N(CCO)Cc1ccccc1. The van der Waals surface area contributed by atoms with Crippen LogP contribution in [0.25, 0.3) is 0 Å². The average molecular weight is 340 g/mol. The molecule has 2 rings (SSSR count). The Bertz CT molecular complexity index is 660. The summed E-state index contributed by atoms with van der Waals surface area (Å²) in [6.45, 7) is -0.0234. The van der Waals surface area contributed by atoms with E-state index in [-0.39, 0.29) is 31.2 Å². The van der Waals surface area contributed by atoms with Gasteiger partial charge < -0.3 is 15.3 Å². The minimum atomic E-state index is -3.13. The smallest absolute Gasteiger partial charge is 0.312 e. The van der Waals surface area contributed by atoms with Gasteiger partial charge in [-0.05, 0) is 12.0 Å². The highest BCUT2D eigenvalue weighted by molar-refractivity contribution is 7.91. The molecule has 1 fully saturated rings. The first-order valence-electron chi connectivity index (χ1n) is 7.36. The fourth-order valence-electron chi connectivity index (χ4n) is 2.48. The maximum Gasteiger partial charge on any atom is 0.312 e. The van der Waals surface area contributed by atoms with Gasteiger partial charge in [0.2, 0.25) is 0 Å². The maximum atomic E-state index is 12.2. The second-order valence-corrected chi connectivity index (χ2v) is 7.74. The molecule has 1 aromatic rings. The number of aliphatic hydroxyl groups is 1. The van der Waals surface area contributed by atoms with E-state index in [9.17, 15) is 18.0 Å². The standard InChI is InChI=1S/C15H20N2O5S/c18-8-7-17(10-12-4-2-1-3-5-12)15(20)14(19)16-13-6-9-23(21,22)11-13/h1-5,13,18H,6-11H2,(H,16,19). The Balaban J connectivity index is 1.98. The van der Waals surface area contributed by atoms with Gasteiger partial charge in [0.1, 0.15) is 0 Å². The summed E-state index contributed by atoms with van der Waals surface area (Å²) in [5.41, 5.74) is 0.838. The van der Waals surface area contributed by atoms with Crippen LogP contribution < -0.4 is 5.32 Å². The largest absolute Gasteiger partial charge is 0.395 e. The van der Waals surface area contributed by atoms with Crippen molar-refractivity contribution in [2.75, 3.05) is 24.7 Å². The van der Waals surface area contributed by atoms with Crippen molar-refractivity contribution in [2.24, 2.45) is 0 Å². The molecule has 1 aliphatic heterocycles. The van der Waals surface area contributed by atoms with E-state index in [1.54, 1.807) is 0 Å². The van der Waals surface area contributed by atoms with Crippen LogP contribution in [0, 0.1) is 0 Å². The van der Waals surface area contributed by atoms with Gasteiger partial charge >= 0.3 is 11.8 Å². The van der Waals surface area contributed by atoms with Gasteiger partial charge in [-0.3, -0.25) is 9.59 Å². The van der Waals surface area contributed by atoms with Crippen LogP contribution >= 0.6 is 0 Å². The predicted molar refractivity (Wildman–Crippen MR) is 84.1 cm³/mol. The molecular weight excluding hydrogens is 320 g/mol. The molecule has 2 amide bonds. The quantitative estimate of drug-likeness (QED) is 0.691. The van der Waals surface area contributed by atoms with Gasteiger partial charge in [0.25, 0.3) is 0 Å². The number of carbonyl (C=O) groups excluding carboxylic acids is 2. The van der Waals surface area contributed by atoms with Gasteiger partial charge in [-0.15, -0.1) is 0 Å². The second kappa shape index (κ2) is 7.56. The Morgan fingerprint density at radius 2 is 1.96 bits per heavy atom. The Morgan fingerprint density at radius 1 is 1.26 bits per heavy atom. The first-order valence-corrected chi connectivity index (χ1v) is 9.18. The Kier molecular flexibility index (Phi) is 5.73. The molecule has 0 spiro atoms. The van der Waals surface area contributed by atoms with Crippen LogP contribution in [0.5, 0.6) is 0 Å². The molecule has 0 saturated carbocycles. The number of rotatable bonds is 5. The topological polar surface area (TPSA) is 104 Å². The fourth-order valence-corrected chi connectivity index (χ4v) is 4.15. The van der Waals surface area contributed by atoms with E-state index >= 15 is 0 Å². The van der Waals surface area contributed by atoms with E-state index in [4.69, 9.17) is 5.11 Å². The van der Waals surface area contributed by atoms with Crippen molar-refractivity contribution < 1.29 is 23.1 Å². The molecule has 2 N–H and O–H groups in total. The third-order valence-electron chi connectivity index (χ3n) is 3.64. The van der Waals surface area contributed by atoms with E-state index in [2.05, 4.69) is 5.32 Å². The molecule has 1 unspecified atom stereocenters. The molecule has 7 nitrogen and oxygen atoms in total. The normalized spacial score (nSPS) is 19.3. The number of hydrogen-bond donors (Lipinski definition) is 2. The van der Waals surface area contributed by atoms with Crippen LogP contribution in [-0.4, -0.2) is 60.9 Å². The molecule has 1 aromatic carbocycles. The molecule has 0 aliphatic carbocycles. The second-order valence-electron chi connectivity index (χ2n) is 5.51. The highest BCUT2D eigenvalue weighted by Crippen LogP contribution is 2.11. The number of nitrogens with one attached hydrogen (secondary N) is 1. The minimum Gasteiger partial charge on any atom is -0.395 e. The predicted octanol–water partition coefficient (Wildman–Crippen LogP) is -0.689. The summed E-state index contributed by atoms with van der Waals surface area (Å²) < 4.78 is 22.8.